The van der Waals surface area contributed by atoms with E-state index in [0.29, 0.717) is 12.1 Å². The van der Waals surface area contributed by atoms with Crippen LogP contribution in [0.4, 0.5) is 17.6 Å². The number of halogens is 4. The smallest absolute Gasteiger partial charge is 0.416 e. The average Bonchev–Trinajstić information content (AvgIpc) is 2.26. The van der Waals surface area contributed by atoms with Gasteiger partial charge in [0.25, 0.3) is 0 Å². The first-order valence-corrected chi connectivity index (χ1v) is 5.36. The molecule has 0 fully saturated rings. The second-order valence-corrected chi connectivity index (χ2v) is 3.61. The number of benzene rings is 1. The van der Waals surface area contributed by atoms with Gasteiger partial charge in [-0.05, 0) is 37.1 Å². The molecule has 0 bridgehead atoms. The molecule has 100 valence electrons. The molecule has 0 amide bonds. The normalized spacial score (nSPS) is 11.4. The van der Waals surface area contributed by atoms with Crippen molar-refractivity contribution in [2.75, 3.05) is 6.61 Å². The molecule has 0 unspecified atom stereocenters. The van der Waals surface area contributed by atoms with Gasteiger partial charge in [0, 0.05) is 6.42 Å². The van der Waals surface area contributed by atoms with E-state index in [4.69, 9.17) is 0 Å². The first-order valence-electron chi connectivity index (χ1n) is 5.36. The van der Waals surface area contributed by atoms with Gasteiger partial charge in [0.1, 0.15) is 5.82 Å². The number of esters is 1. The van der Waals surface area contributed by atoms with Crippen LogP contribution in [0, 0.1) is 5.82 Å². The fraction of sp³-hybridized carbons (Fsp3) is 0.417. The number of hydrogen-bond acceptors (Lipinski definition) is 2. The molecule has 2 nitrogen and oxygen atoms in total. The van der Waals surface area contributed by atoms with E-state index in [1.807, 2.05) is 0 Å². The van der Waals surface area contributed by atoms with Crippen molar-refractivity contribution >= 4 is 5.97 Å². The van der Waals surface area contributed by atoms with Crippen LogP contribution in [0.5, 0.6) is 0 Å². The minimum atomic E-state index is -4.52. The molecule has 0 N–H and O–H groups in total. The molecule has 0 aliphatic rings. The summed E-state index contributed by atoms with van der Waals surface area (Å²) in [5, 5.41) is 0. The maximum absolute atomic E-state index is 13.3. The molecule has 0 saturated carbocycles. The van der Waals surface area contributed by atoms with E-state index in [1.165, 1.54) is 0 Å². The quantitative estimate of drug-likeness (QED) is 0.616. The van der Waals surface area contributed by atoms with E-state index >= 15 is 0 Å². The third-order valence-electron chi connectivity index (χ3n) is 2.28. The van der Waals surface area contributed by atoms with Gasteiger partial charge < -0.3 is 4.74 Å². The number of carbonyl (C=O) groups is 1. The summed E-state index contributed by atoms with van der Waals surface area (Å²) in [7, 11) is 0. The third-order valence-corrected chi connectivity index (χ3v) is 2.28. The highest BCUT2D eigenvalue weighted by atomic mass is 19.4. The van der Waals surface area contributed by atoms with E-state index in [9.17, 15) is 22.4 Å². The van der Waals surface area contributed by atoms with Crippen LogP contribution in [-0.2, 0) is 22.1 Å². The molecular formula is C12H12F4O2. The largest absolute Gasteiger partial charge is 0.466 e. The van der Waals surface area contributed by atoms with Crippen molar-refractivity contribution in [1.29, 1.82) is 0 Å². The fourth-order valence-corrected chi connectivity index (χ4v) is 1.41. The summed E-state index contributed by atoms with van der Waals surface area (Å²) in [5.74, 6) is -1.32. The average molecular weight is 264 g/mol. The lowest BCUT2D eigenvalue weighted by Gasteiger charge is -2.09. The topological polar surface area (TPSA) is 26.3 Å². The lowest BCUT2D eigenvalue weighted by Crippen LogP contribution is -2.09. The van der Waals surface area contributed by atoms with Gasteiger partial charge in [-0.3, -0.25) is 4.79 Å². The van der Waals surface area contributed by atoms with E-state index in [1.54, 1.807) is 6.92 Å². The van der Waals surface area contributed by atoms with Crippen molar-refractivity contribution in [1.82, 2.24) is 0 Å². The maximum Gasteiger partial charge on any atom is 0.416 e. The lowest BCUT2D eigenvalue weighted by molar-refractivity contribution is -0.143. The number of ether oxygens (including phenoxy) is 1. The second-order valence-electron chi connectivity index (χ2n) is 3.61. The molecule has 0 spiro atoms. The van der Waals surface area contributed by atoms with Gasteiger partial charge in [0.2, 0.25) is 0 Å². The SMILES string of the molecule is CCOC(=O)CCc1cc(C(F)(F)F)ccc1F. The Balaban J connectivity index is 2.79. The fourth-order valence-electron chi connectivity index (χ4n) is 1.41. The molecule has 1 aromatic rings. The monoisotopic (exact) mass is 264 g/mol. The molecule has 0 saturated heterocycles. The third kappa shape index (κ3) is 4.01. The standard InChI is InChI=1S/C12H12F4O2/c1-2-18-11(17)6-3-8-7-9(12(14,15)16)4-5-10(8)13/h4-5,7H,2-3,6H2,1H3. The van der Waals surface area contributed by atoms with Crippen molar-refractivity contribution in [2.24, 2.45) is 0 Å². The minimum absolute atomic E-state index is 0.116. The number of hydrogen-bond donors (Lipinski definition) is 0. The highest BCUT2D eigenvalue weighted by molar-refractivity contribution is 5.69. The number of aryl methyl sites for hydroxylation is 1. The minimum Gasteiger partial charge on any atom is -0.466 e. The molecule has 1 aromatic carbocycles. The van der Waals surface area contributed by atoms with E-state index in [0.717, 1.165) is 6.07 Å². The molecule has 0 aromatic heterocycles. The maximum atomic E-state index is 13.3. The Bertz CT molecular complexity index is 427. The van der Waals surface area contributed by atoms with Crippen LogP contribution in [-0.4, -0.2) is 12.6 Å². The zero-order valence-electron chi connectivity index (χ0n) is 9.68. The zero-order valence-corrected chi connectivity index (χ0v) is 9.68. The van der Waals surface area contributed by atoms with Gasteiger partial charge in [0.15, 0.2) is 0 Å². The molecule has 0 atom stereocenters. The van der Waals surface area contributed by atoms with Crippen molar-refractivity contribution in [3.05, 3.63) is 35.1 Å². The van der Waals surface area contributed by atoms with Crippen molar-refractivity contribution in [2.45, 2.75) is 25.9 Å². The first-order chi connectivity index (χ1) is 8.34. The summed E-state index contributed by atoms with van der Waals surface area (Å²) < 4.78 is 55.1. The Morgan fingerprint density at radius 2 is 2.00 bits per heavy atom. The van der Waals surface area contributed by atoms with E-state index in [-0.39, 0.29) is 25.0 Å². The molecular weight excluding hydrogens is 252 g/mol. The van der Waals surface area contributed by atoms with Gasteiger partial charge in [-0.2, -0.15) is 13.2 Å². The van der Waals surface area contributed by atoms with E-state index in [2.05, 4.69) is 4.74 Å². The zero-order chi connectivity index (χ0) is 13.8. The summed E-state index contributed by atoms with van der Waals surface area (Å²) in [6.07, 6.45) is -4.78. The van der Waals surface area contributed by atoms with Crippen LogP contribution < -0.4 is 0 Å². The highest BCUT2D eigenvalue weighted by Gasteiger charge is 2.31. The summed E-state index contributed by atoms with van der Waals surface area (Å²) in [6, 6.07) is 2.14. The van der Waals surface area contributed by atoms with Gasteiger partial charge in [-0.1, -0.05) is 0 Å². The Labute approximate surface area is 102 Å². The van der Waals surface area contributed by atoms with Crippen LogP contribution in [0.3, 0.4) is 0 Å². The number of carbonyl (C=O) groups excluding carboxylic acids is 1. The summed E-state index contributed by atoms with van der Waals surface area (Å²) in [6.45, 7) is 1.80. The predicted molar refractivity (Wildman–Crippen MR) is 56.4 cm³/mol. The van der Waals surface area contributed by atoms with Crippen LogP contribution in [0.25, 0.3) is 0 Å². The van der Waals surface area contributed by atoms with E-state index < -0.39 is 23.5 Å². The lowest BCUT2D eigenvalue weighted by atomic mass is 10.1. The molecule has 0 radical (unpaired) electrons. The molecule has 18 heavy (non-hydrogen) atoms. The van der Waals surface area contributed by atoms with Crippen LogP contribution >= 0.6 is 0 Å². The summed E-state index contributed by atoms with van der Waals surface area (Å²) in [4.78, 5) is 11.0. The summed E-state index contributed by atoms with van der Waals surface area (Å²) >= 11 is 0. The predicted octanol–water partition coefficient (Wildman–Crippen LogP) is 3.34. The van der Waals surface area contributed by atoms with Crippen molar-refractivity contribution in [3.8, 4) is 0 Å². The first kappa shape index (κ1) is 14.5. The Morgan fingerprint density at radius 3 is 2.56 bits per heavy atom. The Hall–Kier alpha value is -1.59. The highest BCUT2D eigenvalue weighted by Crippen LogP contribution is 2.30. The summed E-state index contributed by atoms with van der Waals surface area (Å²) in [5.41, 5.74) is -1.07. The van der Waals surface area contributed by atoms with Gasteiger partial charge in [-0.15, -0.1) is 0 Å². The second kappa shape index (κ2) is 5.84. The van der Waals surface area contributed by atoms with Crippen molar-refractivity contribution in [3.63, 3.8) is 0 Å². The Morgan fingerprint density at radius 1 is 1.33 bits per heavy atom. The molecule has 1 rings (SSSR count). The van der Waals surface area contributed by atoms with Crippen LogP contribution in [0.1, 0.15) is 24.5 Å². The molecule has 6 heteroatoms. The van der Waals surface area contributed by atoms with Crippen LogP contribution in [0.15, 0.2) is 18.2 Å². The number of rotatable bonds is 4. The van der Waals surface area contributed by atoms with Crippen LogP contribution in [0.2, 0.25) is 0 Å². The number of alkyl halides is 3. The Kier molecular flexibility index (Phi) is 4.69. The molecule has 0 heterocycles. The van der Waals surface area contributed by atoms with Gasteiger partial charge in [0.05, 0.1) is 12.2 Å². The van der Waals surface area contributed by atoms with Crippen molar-refractivity contribution < 1.29 is 27.1 Å². The van der Waals surface area contributed by atoms with Gasteiger partial charge >= 0.3 is 12.1 Å². The van der Waals surface area contributed by atoms with Gasteiger partial charge in [-0.25, -0.2) is 4.39 Å². The molecule has 0 aliphatic heterocycles. The molecule has 0 aliphatic carbocycles.